The number of furan rings is 1. The second-order valence-electron chi connectivity index (χ2n) is 5.46. The molecule has 0 spiro atoms. The zero-order chi connectivity index (χ0) is 17.9. The number of methoxy groups -OCH3 is 1. The van der Waals surface area contributed by atoms with Crippen LogP contribution in [0.1, 0.15) is 31.6 Å². The fraction of sp³-hybridized carbons (Fsp3) is 0.421. The Bertz CT molecular complexity index is 654. The van der Waals surface area contributed by atoms with E-state index in [1.807, 2.05) is 37.3 Å². The van der Waals surface area contributed by atoms with Crippen LogP contribution < -0.4 is 20.1 Å². The zero-order valence-corrected chi connectivity index (χ0v) is 15.2. The molecule has 1 heterocycles. The van der Waals surface area contributed by atoms with Crippen LogP contribution in [0.15, 0.2) is 46.0 Å². The van der Waals surface area contributed by atoms with Crippen LogP contribution >= 0.6 is 0 Å². The SMILES string of the molecule is CCCOc1ccc(CN=C(NCC)NCc2ccco2)cc1OC. The van der Waals surface area contributed by atoms with E-state index in [1.54, 1.807) is 13.4 Å². The van der Waals surface area contributed by atoms with Crippen LogP contribution in [0.3, 0.4) is 0 Å². The largest absolute Gasteiger partial charge is 0.493 e. The molecule has 0 amide bonds. The number of rotatable bonds is 9. The summed E-state index contributed by atoms with van der Waals surface area (Å²) >= 11 is 0. The molecule has 1 aromatic carbocycles. The van der Waals surface area contributed by atoms with Crippen molar-refractivity contribution in [3.05, 3.63) is 47.9 Å². The van der Waals surface area contributed by atoms with Crippen LogP contribution in [0.25, 0.3) is 0 Å². The third kappa shape index (κ3) is 6.06. The molecule has 0 atom stereocenters. The van der Waals surface area contributed by atoms with Gasteiger partial charge in [0.25, 0.3) is 0 Å². The highest BCUT2D eigenvalue weighted by atomic mass is 16.5. The summed E-state index contributed by atoms with van der Waals surface area (Å²) in [6.07, 6.45) is 2.62. The van der Waals surface area contributed by atoms with Crippen molar-refractivity contribution in [1.29, 1.82) is 0 Å². The maximum absolute atomic E-state index is 5.68. The minimum absolute atomic E-state index is 0.540. The van der Waals surface area contributed by atoms with E-state index < -0.39 is 0 Å². The summed E-state index contributed by atoms with van der Waals surface area (Å²) in [4.78, 5) is 4.61. The van der Waals surface area contributed by atoms with Gasteiger partial charge in [-0.15, -0.1) is 0 Å². The van der Waals surface area contributed by atoms with E-state index >= 15 is 0 Å². The van der Waals surface area contributed by atoms with E-state index in [-0.39, 0.29) is 0 Å². The van der Waals surface area contributed by atoms with Gasteiger partial charge in [-0.2, -0.15) is 0 Å². The normalized spacial score (nSPS) is 11.2. The molecule has 136 valence electrons. The molecule has 0 fully saturated rings. The second-order valence-corrected chi connectivity index (χ2v) is 5.46. The van der Waals surface area contributed by atoms with Gasteiger partial charge in [-0.1, -0.05) is 13.0 Å². The van der Waals surface area contributed by atoms with Crippen LogP contribution in [0.5, 0.6) is 11.5 Å². The van der Waals surface area contributed by atoms with Gasteiger partial charge in [0.05, 0.1) is 33.1 Å². The predicted molar refractivity (Wildman–Crippen MR) is 99.1 cm³/mol. The molecule has 0 bridgehead atoms. The Balaban J connectivity index is 2.00. The number of hydrogen-bond acceptors (Lipinski definition) is 4. The quantitative estimate of drug-likeness (QED) is 0.539. The number of nitrogens with zero attached hydrogens (tertiary/aromatic N) is 1. The van der Waals surface area contributed by atoms with Gasteiger partial charge < -0.3 is 24.5 Å². The highest BCUT2D eigenvalue weighted by Crippen LogP contribution is 2.28. The van der Waals surface area contributed by atoms with Crippen LogP contribution in [0.4, 0.5) is 0 Å². The fourth-order valence-corrected chi connectivity index (χ4v) is 2.24. The molecule has 0 unspecified atom stereocenters. The predicted octanol–water partition coefficient (Wildman–Crippen LogP) is 3.33. The number of aliphatic imine (C=N–C) groups is 1. The molecule has 0 saturated heterocycles. The first-order valence-corrected chi connectivity index (χ1v) is 8.61. The van der Waals surface area contributed by atoms with E-state index in [1.165, 1.54) is 0 Å². The zero-order valence-electron chi connectivity index (χ0n) is 15.2. The molecular formula is C19H27N3O3. The van der Waals surface area contributed by atoms with Crippen LogP contribution in [0.2, 0.25) is 0 Å². The summed E-state index contributed by atoms with van der Waals surface area (Å²) in [5.74, 6) is 3.10. The highest BCUT2D eigenvalue weighted by molar-refractivity contribution is 5.79. The third-order valence-electron chi connectivity index (χ3n) is 3.46. The molecule has 0 saturated carbocycles. The number of guanidine groups is 1. The van der Waals surface area contributed by atoms with E-state index in [0.29, 0.717) is 19.7 Å². The van der Waals surface area contributed by atoms with Gasteiger partial charge in [0.2, 0.25) is 0 Å². The first-order chi connectivity index (χ1) is 12.3. The molecule has 0 radical (unpaired) electrons. The Kier molecular flexibility index (Phi) is 7.69. The number of nitrogens with one attached hydrogen (secondary N) is 2. The Morgan fingerprint density at radius 1 is 1.16 bits per heavy atom. The summed E-state index contributed by atoms with van der Waals surface area (Å²) in [6.45, 7) is 6.70. The lowest BCUT2D eigenvalue weighted by molar-refractivity contribution is 0.294. The Labute approximate surface area is 149 Å². The lowest BCUT2D eigenvalue weighted by Gasteiger charge is -2.12. The molecule has 0 aliphatic heterocycles. The molecule has 1 aromatic heterocycles. The Morgan fingerprint density at radius 2 is 2.04 bits per heavy atom. The number of hydrogen-bond donors (Lipinski definition) is 2. The summed E-state index contributed by atoms with van der Waals surface area (Å²) in [5, 5.41) is 6.47. The van der Waals surface area contributed by atoms with Gasteiger partial charge in [-0.05, 0) is 43.2 Å². The molecule has 2 aromatic rings. The monoisotopic (exact) mass is 345 g/mol. The van der Waals surface area contributed by atoms with Crippen LogP contribution in [-0.2, 0) is 13.1 Å². The van der Waals surface area contributed by atoms with Crippen molar-refractivity contribution in [2.45, 2.75) is 33.4 Å². The standard InChI is InChI=1S/C19H27N3O3/c1-4-10-25-17-9-8-15(12-18(17)23-3)13-21-19(20-5-2)22-14-16-7-6-11-24-16/h6-9,11-12H,4-5,10,13-14H2,1-3H3,(H2,20,21,22). The third-order valence-corrected chi connectivity index (χ3v) is 3.46. The van der Waals surface area contributed by atoms with Crippen molar-refractivity contribution in [3.63, 3.8) is 0 Å². The Hall–Kier alpha value is -2.63. The van der Waals surface area contributed by atoms with Gasteiger partial charge in [-0.3, -0.25) is 0 Å². The topological polar surface area (TPSA) is 68.0 Å². The maximum Gasteiger partial charge on any atom is 0.191 e. The van der Waals surface area contributed by atoms with Gasteiger partial charge in [0.1, 0.15) is 5.76 Å². The summed E-state index contributed by atoms with van der Waals surface area (Å²) in [7, 11) is 1.65. The van der Waals surface area contributed by atoms with Gasteiger partial charge in [0.15, 0.2) is 17.5 Å². The van der Waals surface area contributed by atoms with Gasteiger partial charge >= 0.3 is 0 Å². The van der Waals surface area contributed by atoms with Crippen molar-refractivity contribution < 1.29 is 13.9 Å². The molecule has 6 nitrogen and oxygen atoms in total. The molecule has 6 heteroatoms. The van der Waals surface area contributed by atoms with Crippen LogP contribution in [-0.4, -0.2) is 26.2 Å². The van der Waals surface area contributed by atoms with Crippen molar-refractivity contribution in [3.8, 4) is 11.5 Å². The molecule has 2 N–H and O–H groups in total. The number of ether oxygens (including phenoxy) is 2. The maximum atomic E-state index is 5.68. The molecule has 2 rings (SSSR count). The molecule has 25 heavy (non-hydrogen) atoms. The lowest BCUT2D eigenvalue weighted by atomic mass is 10.2. The van der Waals surface area contributed by atoms with Crippen molar-refractivity contribution in [2.24, 2.45) is 4.99 Å². The van der Waals surface area contributed by atoms with E-state index in [2.05, 4.69) is 22.5 Å². The van der Waals surface area contributed by atoms with Gasteiger partial charge in [-0.25, -0.2) is 4.99 Å². The van der Waals surface area contributed by atoms with Crippen molar-refractivity contribution in [1.82, 2.24) is 10.6 Å². The van der Waals surface area contributed by atoms with Gasteiger partial charge in [0, 0.05) is 6.54 Å². The fourth-order valence-electron chi connectivity index (χ4n) is 2.24. The van der Waals surface area contributed by atoms with E-state index in [9.17, 15) is 0 Å². The second kappa shape index (κ2) is 10.3. The van der Waals surface area contributed by atoms with Crippen molar-refractivity contribution in [2.75, 3.05) is 20.3 Å². The minimum atomic E-state index is 0.540. The number of benzene rings is 1. The van der Waals surface area contributed by atoms with Crippen molar-refractivity contribution >= 4 is 5.96 Å². The first-order valence-electron chi connectivity index (χ1n) is 8.61. The van der Waals surface area contributed by atoms with Crippen LogP contribution in [0, 0.1) is 0 Å². The minimum Gasteiger partial charge on any atom is -0.493 e. The summed E-state index contributed by atoms with van der Waals surface area (Å²) in [6, 6.07) is 9.70. The molecule has 0 aliphatic rings. The molecular weight excluding hydrogens is 318 g/mol. The molecule has 0 aliphatic carbocycles. The summed E-state index contributed by atoms with van der Waals surface area (Å²) < 4.78 is 16.4. The lowest BCUT2D eigenvalue weighted by Crippen LogP contribution is -2.36. The summed E-state index contributed by atoms with van der Waals surface area (Å²) in [5.41, 5.74) is 1.05. The average molecular weight is 345 g/mol. The average Bonchev–Trinajstić information content (AvgIpc) is 3.16. The smallest absolute Gasteiger partial charge is 0.191 e. The highest BCUT2D eigenvalue weighted by Gasteiger charge is 2.06. The van der Waals surface area contributed by atoms with E-state index in [0.717, 1.165) is 41.7 Å². The van der Waals surface area contributed by atoms with E-state index in [4.69, 9.17) is 13.9 Å². The Morgan fingerprint density at radius 3 is 2.72 bits per heavy atom. The first kappa shape index (κ1) is 18.7.